The van der Waals surface area contributed by atoms with Crippen LogP contribution in [-0.4, -0.2) is 54.3 Å². The zero-order valence-corrected chi connectivity index (χ0v) is 15.8. The Bertz CT molecular complexity index is 834. The average Bonchev–Trinajstić information content (AvgIpc) is 2.65. The van der Waals surface area contributed by atoms with Crippen LogP contribution in [0.15, 0.2) is 42.5 Å². The van der Waals surface area contributed by atoms with Crippen molar-refractivity contribution >= 4 is 29.1 Å². The normalized spacial score (nSPS) is 14.9. The van der Waals surface area contributed by atoms with Crippen molar-refractivity contribution < 1.29 is 14.0 Å². The molecule has 2 amide bonds. The number of amides is 2. The van der Waals surface area contributed by atoms with Gasteiger partial charge in [-0.25, -0.2) is 4.39 Å². The van der Waals surface area contributed by atoms with Crippen LogP contribution in [0.2, 0.25) is 5.02 Å². The molecule has 2 aromatic carbocycles. The third kappa shape index (κ3) is 5.05. The lowest BCUT2D eigenvalue weighted by Gasteiger charge is -2.34. The first kappa shape index (κ1) is 19.3. The number of aryl methyl sites for hydroxylation is 1. The lowest BCUT2D eigenvalue weighted by molar-refractivity contribution is -0.117. The van der Waals surface area contributed by atoms with Gasteiger partial charge in [-0.05, 0) is 55.0 Å². The van der Waals surface area contributed by atoms with Crippen LogP contribution >= 0.6 is 11.6 Å². The van der Waals surface area contributed by atoms with E-state index in [1.165, 1.54) is 24.3 Å². The summed E-state index contributed by atoms with van der Waals surface area (Å²) in [4.78, 5) is 28.5. The van der Waals surface area contributed by atoms with Crippen molar-refractivity contribution in [1.29, 1.82) is 0 Å². The number of benzene rings is 2. The van der Waals surface area contributed by atoms with E-state index in [0.717, 1.165) is 11.3 Å². The zero-order valence-electron chi connectivity index (χ0n) is 15.0. The molecule has 142 valence electrons. The van der Waals surface area contributed by atoms with Crippen LogP contribution in [0, 0.1) is 12.7 Å². The highest BCUT2D eigenvalue weighted by atomic mass is 35.5. The summed E-state index contributed by atoms with van der Waals surface area (Å²) in [5, 5.41) is 3.53. The molecule has 7 heteroatoms. The van der Waals surface area contributed by atoms with Gasteiger partial charge < -0.3 is 10.2 Å². The van der Waals surface area contributed by atoms with Crippen LogP contribution in [0.1, 0.15) is 15.9 Å². The van der Waals surface area contributed by atoms with E-state index >= 15 is 0 Å². The molecule has 0 atom stereocenters. The minimum atomic E-state index is -0.363. The predicted octanol–water partition coefficient (Wildman–Crippen LogP) is 3.18. The number of hydrogen-bond donors (Lipinski definition) is 1. The fraction of sp³-hybridized carbons (Fsp3) is 0.300. The maximum atomic E-state index is 13.0. The van der Waals surface area contributed by atoms with Crippen LogP contribution < -0.4 is 5.32 Å². The molecule has 0 aliphatic carbocycles. The Morgan fingerprint density at radius 1 is 1.07 bits per heavy atom. The highest BCUT2D eigenvalue weighted by Crippen LogP contribution is 2.19. The zero-order chi connectivity index (χ0) is 19.4. The van der Waals surface area contributed by atoms with Gasteiger partial charge in [0.2, 0.25) is 5.91 Å². The molecule has 1 N–H and O–H groups in total. The number of piperazine rings is 1. The van der Waals surface area contributed by atoms with Gasteiger partial charge in [0.15, 0.2) is 0 Å². The fourth-order valence-corrected chi connectivity index (χ4v) is 3.27. The second-order valence-corrected chi connectivity index (χ2v) is 7.02. The lowest BCUT2D eigenvalue weighted by atomic mass is 10.1. The molecule has 0 spiro atoms. The molecule has 0 saturated carbocycles. The number of nitrogens with zero attached hydrogens (tertiary/aromatic N) is 2. The van der Waals surface area contributed by atoms with Crippen molar-refractivity contribution in [3.8, 4) is 0 Å². The Balaban J connectivity index is 1.49. The summed E-state index contributed by atoms with van der Waals surface area (Å²) in [5.74, 6) is -0.576. The topological polar surface area (TPSA) is 52.7 Å². The van der Waals surface area contributed by atoms with Gasteiger partial charge in [-0.2, -0.15) is 0 Å². The molecule has 2 aromatic rings. The average molecular weight is 390 g/mol. The van der Waals surface area contributed by atoms with Crippen molar-refractivity contribution in [1.82, 2.24) is 9.80 Å². The molecule has 0 aromatic heterocycles. The maximum Gasteiger partial charge on any atom is 0.253 e. The van der Waals surface area contributed by atoms with E-state index in [-0.39, 0.29) is 24.2 Å². The van der Waals surface area contributed by atoms with Crippen molar-refractivity contribution in [3.05, 3.63) is 64.4 Å². The van der Waals surface area contributed by atoms with Crippen molar-refractivity contribution in [3.63, 3.8) is 0 Å². The first-order chi connectivity index (χ1) is 12.9. The predicted molar refractivity (Wildman–Crippen MR) is 104 cm³/mol. The molecule has 1 aliphatic rings. The van der Waals surface area contributed by atoms with Crippen LogP contribution in [0.3, 0.4) is 0 Å². The van der Waals surface area contributed by atoms with Crippen molar-refractivity contribution in [2.75, 3.05) is 38.0 Å². The van der Waals surface area contributed by atoms with Crippen molar-refractivity contribution in [2.24, 2.45) is 0 Å². The van der Waals surface area contributed by atoms with Gasteiger partial charge >= 0.3 is 0 Å². The first-order valence-electron chi connectivity index (χ1n) is 8.75. The Morgan fingerprint density at radius 2 is 1.74 bits per heavy atom. The van der Waals surface area contributed by atoms with Gasteiger partial charge in [0.25, 0.3) is 5.91 Å². The van der Waals surface area contributed by atoms with E-state index in [1.54, 1.807) is 23.1 Å². The summed E-state index contributed by atoms with van der Waals surface area (Å²) < 4.78 is 13.0. The fourth-order valence-electron chi connectivity index (χ4n) is 3.04. The number of carbonyl (C=O) groups excluding carboxylic acids is 2. The largest absolute Gasteiger partial charge is 0.336 e. The van der Waals surface area contributed by atoms with E-state index < -0.39 is 0 Å². The summed E-state index contributed by atoms with van der Waals surface area (Å²) in [7, 11) is 0. The monoisotopic (exact) mass is 389 g/mol. The quantitative estimate of drug-likeness (QED) is 0.873. The summed E-state index contributed by atoms with van der Waals surface area (Å²) in [6, 6.07) is 10.9. The summed E-state index contributed by atoms with van der Waals surface area (Å²) >= 11 is 5.93. The SMILES string of the molecule is Cc1cc(Cl)ccc1NC(=O)CN1CCN(C(=O)c2ccc(F)cc2)CC1. The highest BCUT2D eigenvalue weighted by Gasteiger charge is 2.23. The van der Waals surface area contributed by atoms with Gasteiger partial charge in [-0.3, -0.25) is 14.5 Å². The summed E-state index contributed by atoms with van der Waals surface area (Å²) in [6.07, 6.45) is 0. The minimum absolute atomic E-state index is 0.0984. The number of anilines is 1. The van der Waals surface area contributed by atoms with Crippen molar-refractivity contribution in [2.45, 2.75) is 6.92 Å². The Kier molecular flexibility index (Phi) is 6.08. The molecular weight excluding hydrogens is 369 g/mol. The second-order valence-electron chi connectivity index (χ2n) is 6.58. The minimum Gasteiger partial charge on any atom is -0.336 e. The molecular formula is C20H21ClFN3O2. The van der Waals surface area contributed by atoms with E-state index in [0.29, 0.717) is 36.8 Å². The van der Waals surface area contributed by atoms with Gasteiger partial charge in [-0.15, -0.1) is 0 Å². The summed E-state index contributed by atoms with van der Waals surface area (Å²) in [5.41, 5.74) is 2.13. The molecule has 27 heavy (non-hydrogen) atoms. The third-order valence-electron chi connectivity index (χ3n) is 4.58. The smallest absolute Gasteiger partial charge is 0.253 e. The van der Waals surface area contributed by atoms with E-state index in [9.17, 15) is 14.0 Å². The molecule has 5 nitrogen and oxygen atoms in total. The molecule has 1 heterocycles. The molecule has 1 fully saturated rings. The third-order valence-corrected chi connectivity index (χ3v) is 4.82. The van der Waals surface area contributed by atoms with Gasteiger partial charge in [0, 0.05) is 42.5 Å². The van der Waals surface area contributed by atoms with Gasteiger partial charge in [0.05, 0.1) is 6.54 Å². The van der Waals surface area contributed by atoms with Gasteiger partial charge in [-0.1, -0.05) is 11.6 Å². The van der Waals surface area contributed by atoms with Crippen LogP contribution in [-0.2, 0) is 4.79 Å². The molecule has 0 unspecified atom stereocenters. The van der Waals surface area contributed by atoms with E-state index in [4.69, 9.17) is 11.6 Å². The highest BCUT2D eigenvalue weighted by molar-refractivity contribution is 6.30. The number of halogens is 2. The Labute approximate surface area is 162 Å². The molecule has 0 bridgehead atoms. The lowest BCUT2D eigenvalue weighted by Crippen LogP contribution is -2.50. The number of carbonyl (C=O) groups is 2. The van der Waals surface area contributed by atoms with Crippen LogP contribution in [0.4, 0.5) is 10.1 Å². The van der Waals surface area contributed by atoms with Crippen LogP contribution in [0.5, 0.6) is 0 Å². The Hall–Kier alpha value is -2.44. The van der Waals surface area contributed by atoms with E-state index in [1.807, 2.05) is 11.8 Å². The molecule has 1 saturated heterocycles. The number of hydrogen-bond acceptors (Lipinski definition) is 3. The maximum absolute atomic E-state index is 13.0. The Morgan fingerprint density at radius 3 is 2.37 bits per heavy atom. The van der Waals surface area contributed by atoms with E-state index in [2.05, 4.69) is 5.32 Å². The number of nitrogens with one attached hydrogen (secondary N) is 1. The van der Waals surface area contributed by atoms with Crippen LogP contribution in [0.25, 0.3) is 0 Å². The standard InChI is InChI=1S/C20H21ClFN3O2/c1-14-12-16(21)4-7-18(14)23-19(26)13-24-8-10-25(11-9-24)20(27)15-2-5-17(22)6-3-15/h2-7,12H,8-11,13H2,1H3,(H,23,26). The molecule has 3 rings (SSSR count). The van der Waals surface area contributed by atoms with Gasteiger partial charge in [0.1, 0.15) is 5.82 Å². The first-order valence-corrected chi connectivity index (χ1v) is 9.13. The molecule has 1 aliphatic heterocycles. The number of rotatable bonds is 4. The molecule has 0 radical (unpaired) electrons. The second kappa shape index (κ2) is 8.50. The summed E-state index contributed by atoms with van der Waals surface area (Å²) in [6.45, 7) is 4.44.